The van der Waals surface area contributed by atoms with Crippen LogP contribution in [-0.4, -0.2) is 43.1 Å². The third kappa shape index (κ3) is 3.85. The van der Waals surface area contributed by atoms with E-state index >= 15 is 0 Å². The van der Waals surface area contributed by atoms with Crippen LogP contribution in [0.15, 0.2) is 17.5 Å². The van der Waals surface area contributed by atoms with Crippen LogP contribution < -0.4 is 10.1 Å². The summed E-state index contributed by atoms with van der Waals surface area (Å²) in [4.78, 5) is 15.6. The Morgan fingerprint density at radius 3 is 2.81 bits per heavy atom. The molecular weight excluding hydrogens is 356 g/mol. The van der Waals surface area contributed by atoms with E-state index < -0.39 is 0 Å². The maximum atomic E-state index is 13.0. The highest BCUT2D eigenvalue weighted by molar-refractivity contribution is 7.17. The van der Waals surface area contributed by atoms with Crippen molar-refractivity contribution in [2.45, 2.75) is 64.0 Å². The van der Waals surface area contributed by atoms with Gasteiger partial charge in [-0.05, 0) is 54.1 Å². The van der Waals surface area contributed by atoms with E-state index in [4.69, 9.17) is 4.74 Å². The van der Waals surface area contributed by atoms with Gasteiger partial charge in [0.25, 0.3) is 5.91 Å². The van der Waals surface area contributed by atoms with Gasteiger partial charge in [0.05, 0.1) is 12.7 Å². The molecule has 146 valence electrons. The summed E-state index contributed by atoms with van der Waals surface area (Å²) in [5.41, 5.74) is 1.96. The standard InChI is InChI=1S/C22H30N2O2S/c1-3-15-14-27-21-12-20(26-2)19(11-18(15)21)22(25)23-16-9-10-24(13-16)17-7-5-4-6-8-17/h11-12,14,16-17H,3-10,13H2,1-2H3,(H,23,25)/t16-/m0/s1. The van der Waals surface area contributed by atoms with Crippen molar-refractivity contribution in [1.29, 1.82) is 0 Å². The van der Waals surface area contributed by atoms with Crippen LogP contribution in [0, 0.1) is 0 Å². The fourth-order valence-electron chi connectivity index (χ4n) is 4.67. The molecule has 1 aromatic carbocycles. The molecule has 2 heterocycles. The first kappa shape index (κ1) is 18.8. The van der Waals surface area contributed by atoms with Crippen LogP contribution in [0.2, 0.25) is 0 Å². The number of thiophene rings is 1. The normalized spacial score (nSPS) is 21.6. The lowest BCUT2D eigenvalue weighted by atomic mass is 9.94. The van der Waals surface area contributed by atoms with Crippen molar-refractivity contribution >= 4 is 27.3 Å². The highest BCUT2D eigenvalue weighted by Gasteiger charge is 2.30. The number of aryl methyl sites for hydroxylation is 1. The molecule has 4 rings (SSSR count). The van der Waals surface area contributed by atoms with Crippen LogP contribution in [0.1, 0.15) is 61.4 Å². The Labute approximate surface area is 165 Å². The second-order valence-corrected chi connectivity index (χ2v) is 8.82. The maximum Gasteiger partial charge on any atom is 0.255 e. The van der Waals surface area contributed by atoms with E-state index in [1.807, 2.05) is 12.1 Å². The number of likely N-dealkylation sites (tertiary alicyclic amines) is 1. The Hall–Kier alpha value is -1.59. The van der Waals surface area contributed by atoms with E-state index in [0.717, 1.165) is 32.0 Å². The van der Waals surface area contributed by atoms with Gasteiger partial charge >= 0.3 is 0 Å². The molecule has 4 nitrogen and oxygen atoms in total. The predicted molar refractivity (Wildman–Crippen MR) is 112 cm³/mol. The Kier molecular flexibility index (Phi) is 5.69. The maximum absolute atomic E-state index is 13.0. The molecule has 0 bridgehead atoms. The zero-order valence-corrected chi connectivity index (χ0v) is 17.2. The summed E-state index contributed by atoms with van der Waals surface area (Å²) in [6, 6.07) is 5.00. The van der Waals surface area contributed by atoms with Crippen LogP contribution in [0.4, 0.5) is 0 Å². The summed E-state index contributed by atoms with van der Waals surface area (Å²) < 4.78 is 6.72. The highest BCUT2D eigenvalue weighted by Crippen LogP contribution is 2.33. The molecule has 1 N–H and O–H groups in total. The van der Waals surface area contributed by atoms with Gasteiger partial charge in [0.2, 0.25) is 0 Å². The summed E-state index contributed by atoms with van der Waals surface area (Å²) >= 11 is 1.72. The monoisotopic (exact) mass is 386 g/mol. The number of methoxy groups -OCH3 is 1. The van der Waals surface area contributed by atoms with E-state index in [2.05, 4.69) is 22.5 Å². The molecule has 1 amide bonds. The second kappa shape index (κ2) is 8.19. The van der Waals surface area contributed by atoms with Crippen molar-refractivity contribution in [3.05, 3.63) is 28.6 Å². The molecule has 1 saturated carbocycles. The van der Waals surface area contributed by atoms with Crippen molar-refractivity contribution in [2.75, 3.05) is 20.2 Å². The van der Waals surface area contributed by atoms with E-state index in [-0.39, 0.29) is 11.9 Å². The number of carbonyl (C=O) groups excluding carboxylic acids is 1. The van der Waals surface area contributed by atoms with Gasteiger partial charge < -0.3 is 10.1 Å². The Morgan fingerprint density at radius 2 is 2.07 bits per heavy atom. The topological polar surface area (TPSA) is 41.6 Å². The quantitative estimate of drug-likeness (QED) is 0.816. The largest absolute Gasteiger partial charge is 0.496 e. The summed E-state index contributed by atoms with van der Waals surface area (Å²) in [5.74, 6) is 0.670. The fraction of sp³-hybridized carbons (Fsp3) is 0.591. The molecule has 27 heavy (non-hydrogen) atoms. The van der Waals surface area contributed by atoms with Gasteiger partial charge in [-0.25, -0.2) is 0 Å². The SMILES string of the molecule is CCc1csc2cc(OC)c(C(=O)N[C@H]3CCN(C4CCCCC4)C3)cc12. The first-order chi connectivity index (χ1) is 13.2. The molecular formula is C22H30N2O2S. The molecule has 1 saturated heterocycles. The minimum Gasteiger partial charge on any atom is -0.496 e. The molecule has 1 aliphatic carbocycles. The molecule has 1 aromatic heterocycles. The number of benzene rings is 1. The van der Waals surface area contributed by atoms with Crippen LogP contribution in [0.25, 0.3) is 10.1 Å². The molecule has 1 aliphatic heterocycles. The lowest BCUT2D eigenvalue weighted by molar-refractivity contribution is 0.0932. The Bertz CT molecular complexity index is 810. The first-order valence-electron chi connectivity index (χ1n) is 10.3. The third-order valence-electron chi connectivity index (χ3n) is 6.25. The number of nitrogens with one attached hydrogen (secondary N) is 1. The van der Waals surface area contributed by atoms with Crippen LogP contribution in [0.3, 0.4) is 0 Å². The zero-order valence-electron chi connectivity index (χ0n) is 16.4. The van der Waals surface area contributed by atoms with E-state index in [1.165, 1.54) is 47.8 Å². The van der Waals surface area contributed by atoms with Gasteiger partial charge in [0.1, 0.15) is 5.75 Å². The molecule has 0 unspecified atom stereocenters. The smallest absolute Gasteiger partial charge is 0.255 e. The molecule has 2 aliphatic rings. The van der Waals surface area contributed by atoms with Gasteiger partial charge in [-0.15, -0.1) is 11.3 Å². The summed E-state index contributed by atoms with van der Waals surface area (Å²) in [5, 5.41) is 6.65. The number of amides is 1. The average Bonchev–Trinajstić information content (AvgIpc) is 3.33. The predicted octanol–water partition coefficient (Wildman–Crippen LogP) is 4.61. The molecule has 2 aromatic rings. The molecule has 0 radical (unpaired) electrons. The lowest BCUT2D eigenvalue weighted by Crippen LogP contribution is -2.40. The van der Waals surface area contributed by atoms with Gasteiger partial charge in [0, 0.05) is 29.9 Å². The molecule has 5 heteroatoms. The van der Waals surface area contributed by atoms with Gasteiger partial charge in [0.15, 0.2) is 0 Å². The fourth-order valence-corrected chi connectivity index (χ4v) is 5.73. The summed E-state index contributed by atoms with van der Waals surface area (Å²) in [7, 11) is 1.65. The van der Waals surface area contributed by atoms with Crippen molar-refractivity contribution in [2.24, 2.45) is 0 Å². The number of fused-ring (bicyclic) bond motifs is 1. The van der Waals surface area contributed by atoms with E-state index in [0.29, 0.717) is 11.3 Å². The molecule has 0 spiro atoms. The van der Waals surface area contributed by atoms with Crippen LogP contribution in [0.5, 0.6) is 5.75 Å². The van der Waals surface area contributed by atoms with Crippen molar-refractivity contribution in [3.8, 4) is 5.75 Å². The molecule has 2 fully saturated rings. The Morgan fingerprint density at radius 1 is 1.26 bits per heavy atom. The minimum atomic E-state index is -0.00232. The highest BCUT2D eigenvalue weighted by atomic mass is 32.1. The molecule has 1 atom stereocenters. The zero-order chi connectivity index (χ0) is 18.8. The summed E-state index contributed by atoms with van der Waals surface area (Å²) in [6.07, 6.45) is 8.77. The summed E-state index contributed by atoms with van der Waals surface area (Å²) in [6.45, 7) is 4.25. The Balaban J connectivity index is 1.47. The number of rotatable bonds is 5. The van der Waals surface area contributed by atoms with E-state index in [1.54, 1.807) is 18.4 Å². The first-order valence-corrected chi connectivity index (χ1v) is 11.2. The number of nitrogens with zero attached hydrogens (tertiary/aromatic N) is 1. The average molecular weight is 387 g/mol. The van der Waals surface area contributed by atoms with E-state index in [9.17, 15) is 4.79 Å². The lowest BCUT2D eigenvalue weighted by Gasteiger charge is -2.31. The number of hydrogen-bond acceptors (Lipinski definition) is 4. The van der Waals surface area contributed by atoms with Crippen LogP contribution in [-0.2, 0) is 6.42 Å². The van der Waals surface area contributed by atoms with Crippen LogP contribution >= 0.6 is 11.3 Å². The van der Waals surface area contributed by atoms with Gasteiger partial charge in [-0.1, -0.05) is 26.2 Å². The number of ether oxygens (including phenoxy) is 1. The second-order valence-electron chi connectivity index (χ2n) is 7.91. The third-order valence-corrected chi connectivity index (χ3v) is 7.24. The number of carbonyl (C=O) groups is 1. The van der Waals surface area contributed by atoms with Crippen molar-refractivity contribution in [1.82, 2.24) is 10.2 Å². The van der Waals surface area contributed by atoms with Gasteiger partial charge in [-0.2, -0.15) is 0 Å². The van der Waals surface area contributed by atoms with Crippen molar-refractivity contribution in [3.63, 3.8) is 0 Å². The minimum absolute atomic E-state index is 0.00232. The van der Waals surface area contributed by atoms with Crippen molar-refractivity contribution < 1.29 is 9.53 Å². The number of hydrogen-bond donors (Lipinski definition) is 1. The van der Waals surface area contributed by atoms with Gasteiger partial charge in [-0.3, -0.25) is 9.69 Å².